The molecule has 8 heteroatoms. The van der Waals surface area contributed by atoms with Crippen molar-refractivity contribution in [2.75, 3.05) is 18.2 Å². The van der Waals surface area contributed by atoms with E-state index in [-0.39, 0.29) is 22.5 Å². The Hall–Kier alpha value is -2.41. The van der Waals surface area contributed by atoms with E-state index in [9.17, 15) is 4.79 Å². The standard InChI is InChI=1S/C11H10ClN5O2/c1-19-11(18)7-9(13)17-10(8(12)16-7)15-6-4-2-3-5-14-6/h2-5H,1H3,(H3,13,14,15,17). The van der Waals surface area contributed by atoms with Gasteiger partial charge in [-0.1, -0.05) is 17.7 Å². The molecule has 0 atom stereocenters. The number of hydrogen-bond acceptors (Lipinski definition) is 7. The topological polar surface area (TPSA) is 103 Å². The van der Waals surface area contributed by atoms with Gasteiger partial charge < -0.3 is 15.8 Å². The number of nitrogens with zero attached hydrogens (tertiary/aromatic N) is 3. The van der Waals surface area contributed by atoms with Gasteiger partial charge in [-0.2, -0.15) is 0 Å². The number of aromatic nitrogens is 3. The summed E-state index contributed by atoms with van der Waals surface area (Å²) < 4.78 is 4.52. The number of carbonyl (C=O) groups excluding carboxylic acids is 1. The van der Waals surface area contributed by atoms with Crippen LogP contribution in [0.1, 0.15) is 10.5 Å². The lowest BCUT2D eigenvalue weighted by Gasteiger charge is -2.08. The number of nitrogen functional groups attached to an aromatic ring is 1. The molecule has 2 rings (SSSR count). The molecule has 0 aliphatic heterocycles. The molecule has 0 unspecified atom stereocenters. The first-order chi connectivity index (χ1) is 9.11. The van der Waals surface area contributed by atoms with Crippen LogP contribution in [-0.2, 0) is 4.74 Å². The van der Waals surface area contributed by atoms with Crippen molar-refractivity contribution in [1.29, 1.82) is 0 Å². The molecule has 0 aliphatic rings. The van der Waals surface area contributed by atoms with Crippen LogP contribution in [0.3, 0.4) is 0 Å². The number of halogens is 1. The van der Waals surface area contributed by atoms with Crippen LogP contribution in [0.4, 0.5) is 17.5 Å². The summed E-state index contributed by atoms with van der Waals surface area (Å²) in [7, 11) is 1.22. The van der Waals surface area contributed by atoms with Gasteiger partial charge in [0.1, 0.15) is 5.82 Å². The van der Waals surface area contributed by atoms with Crippen molar-refractivity contribution in [3.63, 3.8) is 0 Å². The zero-order valence-electron chi connectivity index (χ0n) is 9.92. The average Bonchev–Trinajstić information content (AvgIpc) is 2.43. The van der Waals surface area contributed by atoms with E-state index < -0.39 is 5.97 Å². The van der Waals surface area contributed by atoms with E-state index in [1.54, 1.807) is 24.4 Å². The van der Waals surface area contributed by atoms with Crippen LogP contribution < -0.4 is 11.1 Å². The molecule has 98 valence electrons. The molecule has 0 saturated carbocycles. The molecule has 2 heterocycles. The highest BCUT2D eigenvalue weighted by molar-refractivity contribution is 6.32. The second-order valence-corrected chi connectivity index (χ2v) is 3.79. The maximum Gasteiger partial charge on any atom is 0.360 e. The maximum absolute atomic E-state index is 11.4. The lowest BCUT2D eigenvalue weighted by molar-refractivity contribution is 0.0595. The fourth-order valence-electron chi connectivity index (χ4n) is 1.31. The molecule has 0 spiro atoms. The highest BCUT2D eigenvalue weighted by Gasteiger charge is 2.17. The van der Waals surface area contributed by atoms with E-state index in [1.807, 2.05) is 0 Å². The van der Waals surface area contributed by atoms with Crippen LogP contribution in [0.2, 0.25) is 5.15 Å². The van der Waals surface area contributed by atoms with Crippen molar-refractivity contribution in [2.45, 2.75) is 0 Å². The lowest BCUT2D eigenvalue weighted by atomic mass is 10.4. The summed E-state index contributed by atoms with van der Waals surface area (Å²) in [4.78, 5) is 23.2. The molecular formula is C11H10ClN5O2. The van der Waals surface area contributed by atoms with Crippen LogP contribution in [0.25, 0.3) is 0 Å². The summed E-state index contributed by atoms with van der Waals surface area (Å²) in [6.07, 6.45) is 1.61. The molecule has 19 heavy (non-hydrogen) atoms. The van der Waals surface area contributed by atoms with Crippen molar-refractivity contribution < 1.29 is 9.53 Å². The number of methoxy groups -OCH3 is 1. The Morgan fingerprint density at radius 3 is 2.84 bits per heavy atom. The SMILES string of the molecule is COC(=O)c1nc(Cl)c(Nc2ccccn2)nc1N. The number of nitrogens with one attached hydrogen (secondary N) is 1. The Kier molecular flexibility index (Phi) is 3.76. The second kappa shape index (κ2) is 5.49. The quantitative estimate of drug-likeness (QED) is 0.823. The first-order valence-electron chi connectivity index (χ1n) is 5.21. The predicted octanol–water partition coefficient (Wildman–Crippen LogP) is 1.64. The van der Waals surface area contributed by atoms with Crippen LogP contribution in [-0.4, -0.2) is 28.0 Å². The van der Waals surface area contributed by atoms with Gasteiger partial charge in [-0.3, -0.25) is 0 Å². The van der Waals surface area contributed by atoms with Gasteiger partial charge in [0, 0.05) is 6.20 Å². The van der Waals surface area contributed by atoms with Gasteiger partial charge in [-0.15, -0.1) is 0 Å². The zero-order chi connectivity index (χ0) is 13.8. The minimum absolute atomic E-state index is 0.000234. The van der Waals surface area contributed by atoms with E-state index in [2.05, 4.69) is 25.0 Å². The number of esters is 1. The minimum Gasteiger partial charge on any atom is -0.464 e. The van der Waals surface area contributed by atoms with Crippen LogP contribution in [0.15, 0.2) is 24.4 Å². The summed E-state index contributed by atoms with van der Waals surface area (Å²) in [6, 6.07) is 5.29. The summed E-state index contributed by atoms with van der Waals surface area (Å²) in [5, 5.41) is 2.85. The van der Waals surface area contributed by atoms with E-state index in [1.165, 1.54) is 7.11 Å². The Morgan fingerprint density at radius 1 is 1.42 bits per heavy atom. The molecular weight excluding hydrogens is 270 g/mol. The van der Waals surface area contributed by atoms with Crippen molar-refractivity contribution in [3.8, 4) is 0 Å². The third-order valence-electron chi connectivity index (χ3n) is 2.17. The van der Waals surface area contributed by atoms with Gasteiger partial charge in [0.15, 0.2) is 22.5 Å². The molecule has 2 aromatic rings. The Morgan fingerprint density at radius 2 is 2.21 bits per heavy atom. The van der Waals surface area contributed by atoms with Gasteiger partial charge >= 0.3 is 5.97 Å². The van der Waals surface area contributed by atoms with Gasteiger partial charge in [0.2, 0.25) is 0 Å². The largest absolute Gasteiger partial charge is 0.464 e. The van der Waals surface area contributed by atoms with Crippen molar-refractivity contribution >= 4 is 35.0 Å². The number of hydrogen-bond donors (Lipinski definition) is 2. The summed E-state index contributed by atoms with van der Waals surface area (Å²) >= 11 is 5.93. The molecule has 7 nitrogen and oxygen atoms in total. The predicted molar refractivity (Wildman–Crippen MR) is 70.3 cm³/mol. The van der Waals surface area contributed by atoms with Gasteiger partial charge in [0.05, 0.1) is 7.11 Å². The molecule has 0 saturated heterocycles. The van der Waals surface area contributed by atoms with Crippen molar-refractivity contribution in [1.82, 2.24) is 15.0 Å². The number of anilines is 3. The second-order valence-electron chi connectivity index (χ2n) is 3.43. The molecule has 0 bridgehead atoms. The normalized spacial score (nSPS) is 10.0. The molecule has 2 aromatic heterocycles. The zero-order valence-corrected chi connectivity index (χ0v) is 10.7. The van der Waals surface area contributed by atoms with Crippen LogP contribution >= 0.6 is 11.6 Å². The number of ether oxygens (including phenoxy) is 1. The smallest absolute Gasteiger partial charge is 0.360 e. The third-order valence-corrected chi connectivity index (χ3v) is 2.43. The van der Waals surface area contributed by atoms with Gasteiger partial charge in [-0.05, 0) is 12.1 Å². The van der Waals surface area contributed by atoms with E-state index in [4.69, 9.17) is 17.3 Å². The maximum atomic E-state index is 11.4. The molecule has 0 aliphatic carbocycles. The van der Waals surface area contributed by atoms with Crippen LogP contribution in [0, 0.1) is 0 Å². The molecule has 3 N–H and O–H groups in total. The summed E-state index contributed by atoms with van der Waals surface area (Å²) in [5.41, 5.74) is 5.50. The number of carbonyl (C=O) groups is 1. The number of rotatable bonds is 3. The van der Waals surface area contributed by atoms with Crippen molar-refractivity contribution in [3.05, 3.63) is 35.2 Å². The van der Waals surface area contributed by atoms with Crippen LogP contribution in [0.5, 0.6) is 0 Å². The number of nitrogens with two attached hydrogens (primary N) is 1. The fourth-order valence-corrected chi connectivity index (χ4v) is 1.49. The van der Waals surface area contributed by atoms with Gasteiger partial charge in [-0.25, -0.2) is 19.7 Å². The monoisotopic (exact) mass is 279 g/mol. The lowest BCUT2D eigenvalue weighted by Crippen LogP contribution is -2.12. The van der Waals surface area contributed by atoms with E-state index >= 15 is 0 Å². The van der Waals surface area contributed by atoms with E-state index in [0.29, 0.717) is 5.82 Å². The Labute approximate surface area is 113 Å². The highest BCUT2D eigenvalue weighted by atomic mass is 35.5. The Balaban J connectivity index is 2.33. The molecule has 0 fully saturated rings. The van der Waals surface area contributed by atoms with Gasteiger partial charge in [0.25, 0.3) is 0 Å². The molecule has 0 aromatic carbocycles. The highest BCUT2D eigenvalue weighted by Crippen LogP contribution is 2.23. The molecule has 0 amide bonds. The summed E-state index contributed by atoms with van der Waals surface area (Å²) in [6.45, 7) is 0. The first kappa shape index (κ1) is 13.0. The minimum atomic E-state index is -0.698. The first-order valence-corrected chi connectivity index (χ1v) is 5.59. The Bertz CT molecular complexity index is 606. The fraction of sp³-hybridized carbons (Fsp3) is 0.0909. The number of pyridine rings is 1. The molecule has 0 radical (unpaired) electrons. The van der Waals surface area contributed by atoms with Crippen molar-refractivity contribution in [2.24, 2.45) is 0 Å². The van der Waals surface area contributed by atoms with E-state index in [0.717, 1.165) is 0 Å². The third kappa shape index (κ3) is 2.89. The summed E-state index contributed by atoms with van der Waals surface area (Å²) in [5.74, 6) is -0.0274. The average molecular weight is 280 g/mol.